The average molecular weight is 459 g/mol. The lowest BCUT2D eigenvalue weighted by molar-refractivity contribution is -0.158. The molecule has 3 rings (SSSR count). The number of benzene rings is 2. The van der Waals surface area contributed by atoms with Gasteiger partial charge in [0.1, 0.15) is 0 Å². The largest absolute Gasteiger partial charge is 0.461 e. The number of hydrazone groups is 1. The predicted molar refractivity (Wildman–Crippen MR) is 113 cm³/mol. The molecule has 0 bridgehead atoms. The highest BCUT2D eigenvalue weighted by Crippen LogP contribution is 2.36. The first kappa shape index (κ1) is 21.2. The molecule has 0 aliphatic carbocycles. The number of rotatable bonds is 7. The summed E-state index contributed by atoms with van der Waals surface area (Å²) in [4.78, 5) is 25.1. The number of carbonyl (C=O) groups excluding carboxylic acids is 2. The molecule has 6 nitrogen and oxygen atoms in total. The van der Waals surface area contributed by atoms with E-state index in [-0.39, 0.29) is 31.1 Å². The molecule has 152 valence electrons. The van der Waals surface area contributed by atoms with Crippen molar-refractivity contribution in [2.24, 2.45) is 5.10 Å². The zero-order valence-electron chi connectivity index (χ0n) is 16.2. The summed E-state index contributed by atoms with van der Waals surface area (Å²) in [6.45, 7) is 1.89. The topological polar surface area (TPSA) is 79.2 Å². The van der Waals surface area contributed by atoms with Crippen LogP contribution in [0.25, 0.3) is 0 Å². The molecule has 1 aliphatic heterocycles. The van der Waals surface area contributed by atoms with Gasteiger partial charge in [0.25, 0.3) is 0 Å². The summed E-state index contributed by atoms with van der Waals surface area (Å²) in [6, 6.07) is 16.8. The van der Waals surface area contributed by atoms with E-state index in [2.05, 4.69) is 21.0 Å². The molecule has 0 fully saturated rings. The van der Waals surface area contributed by atoms with E-state index in [0.29, 0.717) is 12.0 Å². The highest BCUT2D eigenvalue weighted by molar-refractivity contribution is 9.10. The first-order chi connectivity index (χ1) is 13.9. The van der Waals surface area contributed by atoms with Crippen LogP contribution in [-0.4, -0.2) is 34.3 Å². The van der Waals surface area contributed by atoms with E-state index in [4.69, 9.17) is 4.74 Å². The fourth-order valence-electron chi connectivity index (χ4n) is 3.27. The van der Waals surface area contributed by atoms with E-state index < -0.39 is 11.7 Å². The lowest BCUT2D eigenvalue weighted by atomic mass is 9.97. The molecule has 0 saturated carbocycles. The highest BCUT2D eigenvalue weighted by Gasteiger charge is 2.47. The lowest BCUT2D eigenvalue weighted by Crippen LogP contribution is -2.43. The first-order valence-corrected chi connectivity index (χ1v) is 10.3. The van der Waals surface area contributed by atoms with Crippen LogP contribution in [0.4, 0.5) is 0 Å². The van der Waals surface area contributed by atoms with Crippen molar-refractivity contribution in [2.75, 3.05) is 6.61 Å². The van der Waals surface area contributed by atoms with Gasteiger partial charge >= 0.3 is 5.97 Å². The fraction of sp³-hybridized carbons (Fsp3) is 0.318. The fourth-order valence-corrected chi connectivity index (χ4v) is 3.54. The van der Waals surface area contributed by atoms with Gasteiger partial charge in [-0.1, -0.05) is 58.4 Å². The Hall–Kier alpha value is -2.51. The number of halogens is 1. The Labute approximate surface area is 178 Å². The van der Waals surface area contributed by atoms with Gasteiger partial charge in [0.05, 0.1) is 13.0 Å². The summed E-state index contributed by atoms with van der Waals surface area (Å²) in [6.07, 6.45) is 1.44. The van der Waals surface area contributed by atoms with Crippen molar-refractivity contribution in [1.29, 1.82) is 0 Å². The smallest absolute Gasteiger partial charge is 0.354 e. The summed E-state index contributed by atoms with van der Waals surface area (Å²) in [7, 11) is 0. The zero-order valence-corrected chi connectivity index (χ0v) is 17.8. The third-order valence-electron chi connectivity index (χ3n) is 4.74. The number of amides is 1. The van der Waals surface area contributed by atoms with Crippen LogP contribution in [0.1, 0.15) is 37.3 Å². The van der Waals surface area contributed by atoms with Gasteiger partial charge in [-0.25, -0.2) is 4.79 Å². The van der Waals surface area contributed by atoms with Gasteiger partial charge in [0, 0.05) is 16.5 Å². The van der Waals surface area contributed by atoms with E-state index in [1.165, 1.54) is 0 Å². The van der Waals surface area contributed by atoms with Gasteiger partial charge < -0.3 is 9.84 Å². The molecule has 0 aromatic heterocycles. The molecule has 0 radical (unpaired) electrons. The molecule has 2 aromatic carbocycles. The zero-order chi connectivity index (χ0) is 20.9. The Kier molecular flexibility index (Phi) is 6.82. The van der Waals surface area contributed by atoms with Gasteiger partial charge in [0.15, 0.2) is 11.4 Å². The standard InChI is InChI=1S/C22H23BrN2O4/c1-2-29-21(27)19-15-22(28,17-11-13-18(23)14-12-17)25(24-19)20(26)10-6-9-16-7-4-3-5-8-16/h3-5,7-8,11-14,28H,2,6,9-10,15H2,1H3/t22-/m0/s1. The number of aryl methyl sites for hydroxylation is 1. The van der Waals surface area contributed by atoms with Crippen LogP contribution in [0.2, 0.25) is 0 Å². The van der Waals surface area contributed by atoms with Gasteiger partial charge in [-0.15, -0.1) is 0 Å². The Morgan fingerprint density at radius 1 is 1.17 bits per heavy atom. The van der Waals surface area contributed by atoms with Crippen LogP contribution in [-0.2, 0) is 26.5 Å². The van der Waals surface area contributed by atoms with E-state index >= 15 is 0 Å². The molecular formula is C22H23BrN2O4. The van der Waals surface area contributed by atoms with Crippen LogP contribution in [0.5, 0.6) is 0 Å². The van der Waals surface area contributed by atoms with E-state index in [9.17, 15) is 14.7 Å². The van der Waals surface area contributed by atoms with Crippen molar-refractivity contribution in [2.45, 2.75) is 38.3 Å². The van der Waals surface area contributed by atoms with Gasteiger partial charge in [-0.2, -0.15) is 10.1 Å². The van der Waals surface area contributed by atoms with Gasteiger partial charge in [0.2, 0.25) is 5.91 Å². The van der Waals surface area contributed by atoms with Crippen molar-refractivity contribution in [3.05, 3.63) is 70.2 Å². The molecular weight excluding hydrogens is 436 g/mol. The first-order valence-electron chi connectivity index (χ1n) is 9.54. The molecule has 1 amide bonds. The Morgan fingerprint density at radius 2 is 1.86 bits per heavy atom. The molecule has 0 saturated heterocycles. The average Bonchev–Trinajstić information content (AvgIpc) is 3.08. The minimum atomic E-state index is -1.72. The number of nitrogens with zero attached hydrogens (tertiary/aromatic N) is 2. The van der Waals surface area contributed by atoms with Crippen molar-refractivity contribution >= 4 is 33.5 Å². The maximum Gasteiger partial charge on any atom is 0.354 e. The van der Waals surface area contributed by atoms with Crippen LogP contribution < -0.4 is 0 Å². The van der Waals surface area contributed by atoms with E-state index in [1.807, 2.05) is 30.3 Å². The van der Waals surface area contributed by atoms with E-state index in [1.54, 1.807) is 31.2 Å². The number of hydrogen-bond acceptors (Lipinski definition) is 5. The Balaban J connectivity index is 1.78. The molecule has 0 unspecified atom stereocenters. The molecule has 2 aromatic rings. The molecule has 29 heavy (non-hydrogen) atoms. The molecule has 1 aliphatic rings. The van der Waals surface area contributed by atoms with Crippen LogP contribution in [0.3, 0.4) is 0 Å². The van der Waals surface area contributed by atoms with Crippen molar-refractivity contribution in [3.63, 3.8) is 0 Å². The van der Waals surface area contributed by atoms with Gasteiger partial charge in [-0.3, -0.25) is 4.79 Å². The second-order valence-electron chi connectivity index (χ2n) is 6.81. The van der Waals surface area contributed by atoms with Crippen molar-refractivity contribution < 1.29 is 19.4 Å². The maximum absolute atomic E-state index is 12.9. The molecule has 1 atom stereocenters. The van der Waals surface area contributed by atoms with Gasteiger partial charge in [-0.05, 0) is 37.5 Å². The maximum atomic E-state index is 12.9. The van der Waals surface area contributed by atoms with Crippen molar-refractivity contribution in [1.82, 2.24) is 5.01 Å². The summed E-state index contributed by atoms with van der Waals surface area (Å²) in [5.41, 5.74) is -0.0541. The summed E-state index contributed by atoms with van der Waals surface area (Å²) in [5.74, 6) is -0.965. The van der Waals surface area contributed by atoms with Crippen LogP contribution in [0, 0.1) is 0 Å². The summed E-state index contributed by atoms with van der Waals surface area (Å²) >= 11 is 3.36. The number of hydrogen-bond donors (Lipinski definition) is 1. The second-order valence-corrected chi connectivity index (χ2v) is 7.73. The molecule has 1 N–H and O–H groups in total. The Bertz CT molecular complexity index is 899. The monoisotopic (exact) mass is 458 g/mol. The summed E-state index contributed by atoms with van der Waals surface area (Å²) < 4.78 is 5.86. The minimum absolute atomic E-state index is 0.0358. The number of aliphatic hydroxyl groups is 1. The molecule has 0 spiro atoms. The third-order valence-corrected chi connectivity index (χ3v) is 5.27. The SMILES string of the molecule is CCOC(=O)C1=NN(C(=O)CCCc2ccccc2)[C@@](O)(c2ccc(Br)cc2)C1. The third kappa shape index (κ3) is 4.92. The predicted octanol–water partition coefficient (Wildman–Crippen LogP) is 3.77. The minimum Gasteiger partial charge on any atom is -0.461 e. The van der Waals surface area contributed by atoms with Crippen LogP contribution in [0.15, 0.2) is 64.2 Å². The highest BCUT2D eigenvalue weighted by atomic mass is 79.9. The molecule has 1 heterocycles. The molecule has 7 heteroatoms. The lowest BCUT2D eigenvalue weighted by Gasteiger charge is -2.31. The number of esters is 1. The quantitative estimate of drug-likeness (QED) is 0.640. The number of ether oxygens (including phenoxy) is 1. The second kappa shape index (κ2) is 9.33. The van der Waals surface area contributed by atoms with Crippen molar-refractivity contribution in [3.8, 4) is 0 Å². The number of carbonyl (C=O) groups is 2. The van der Waals surface area contributed by atoms with E-state index in [0.717, 1.165) is 21.5 Å². The summed E-state index contributed by atoms with van der Waals surface area (Å²) in [5, 5.41) is 16.5. The normalized spacial score (nSPS) is 18.4. The van der Waals surface area contributed by atoms with Crippen LogP contribution >= 0.6 is 15.9 Å². The Morgan fingerprint density at radius 3 is 2.52 bits per heavy atom.